The number of nitro benzene ring substituents is 1. The molecule has 7 nitrogen and oxygen atoms in total. The number of nitro groups is 1. The van der Waals surface area contributed by atoms with Crippen molar-refractivity contribution in [3.8, 4) is 11.5 Å². The van der Waals surface area contributed by atoms with Gasteiger partial charge in [-0.15, -0.1) is 0 Å². The third-order valence-corrected chi connectivity index (χ3v) is 6.30. The smallest absolute Gasteiger partial charge is 0.270 e. The lowest BCUT2D eigenvalue weighted by Gasteiger charge is -2.16. The van der Waals surface area contributed by atoms with Crippen molar-refractivity contribution in [1.29, 1.82) is 0 Å². The fraction of sp³-hybridized carbons (Fsp3) is 0.120. The number of ether oxygens (including phenoxy) is 2. The van der Waals surface area contributed by atoms with Crippen LogP contribution in [0.5, 0.6) is 11.5 Å². The molecule has 172 valence electrons. The maximum absolute atomic E-state index is 13.2. The summed E-state index contributed by atoms with van der Waals surface area (Å²) in [4.78, 5) is 25.9. The van der Waals surface area contributed by atoms with Crippen molar-refractivity contribution >= 4 is 51.7 Å². The van der Waals surface area contributed by atoms with Gasteiger partial charge in [-0.2, -0.15) is 0 Å². The molecule has 1 heterocycles. The van der Waals surface area contributed by atoms with Gasteiger partial charge in [-0.25, -0.2) is 0 Å². The number of non-ortho nitro benzene ring substituents is 1. The van der Waals surface area contributed by atoms with E-state index in [-0.39, 0.29) is 24.8 Å². The Balaban J connectivity index is 1.56. The summed E-state index contributed by atoms with van der Waals surface area (Å²) in [5, 5.41) is 11.3. The molecule has 3 aromatic carbocycles. The third-order valence-electron chi connectivity index (χ3n) is 4.99. The lowest BCUT2D eigenvalue weighted by Crippen LogP contribution is -2.28. The summed E-state index contributed by atoms with van der Waals surface area (Å²) in [5.41, 5.74) is 1.94. The van der Waals surface area contributed by atoms with Gasteiger partial charge in [-0.3, -0.25) is 19.8 Å². The average molecular weight is 493 g/mol. The minimum Gasteiger partial charge on any atom is -0.490 e. The van der Waals surface area contributed by atoms with Gasteiger partial charge in [-0.05, 0) is 42.8 Å². The summed E-state index contributed by atoms with van der Waals surface area (Å²) in [5.74, 6) is 0.840. The quantitative estimate of drug-likeness (QED) is 0.130. The fourth-order valence-electron chi connectivity index (χ4n) is 3.35. The number of aryl methyl sites for hydroxylation is 1. The van der Waals surface area contributed by atoms with Gasteiger partial charge in [0.2, 0.25) is 0 Å². The molecule has 0 unspecified atom stereocenters. The summed E-state index contributed by atoms with van der Waals surface area (Å²) >= 11 is 6.60. The van der Waals surface area contributed by atoms with E-state index in [0.29, 0.717) is 26.2 Å². The van der Waals surface area contributed by atoms with Crippen LogP contribution in [0, 0.1) is 17.0 Å². The molecule has 0 spiro atoms. The van der Waals surface area contributed by atoms with Crippen LogP contribution in [0.4, 0.5) is 11.4 Å². The van der Waals surface area contributed by atoms with E-state index in [1.165, 1.54) is 23.1 Å². The monoisotopic (exact) mass is 492 g/mol. The molecule has 0 aliphatic carbocycles. The number of hydrogen-bond donors (Lipinski definition) is 0. The number of benzene rings is 3. The van der Waals surface area contributed by atoms with Crippen molar-refractivity contribution in [2.75, 3.05) is 18.1 Å². The van der Waals surface area contributed by atoms with Gasteiger partial charge < -0.3 is 9.47 Å². The Morgan fingerprint density at radius 2 is 1.74 bits per heavy atom. The standard InChI is InChI=1S/C25H20N2O5S2/c1-17-7-5-6-10-21(17)26-24(28)23(34-25(26)33)16-18-15-19(27(29)30)11-12-22(18)32-14-13-31-20-8-3-2-4-9-20/h2-12,15-16H,13-14H2,1H3/b23-16-. The Hall–Kier alpha value is -3.69. The predicted octanol–water partition coefficient (Wildman–Crippen LogP) is 5.77. The zero-order chi connectivity index (χ0) is 24.1. The number of nitrogens with zero attached hydrogens (tertiary/aromatic N) is 2. The lowest BCUT2D eigenvalue weighted by molar-refractivity contribution is -0.384. The minimum atomic E-state index is -0.488. The minimum absolute atomic E-state index is 0.103. The molecule has 1 aliphatic rings. The average Bonchev–Trinajstić information content (AvgIpc) is 3.11. The van der Waals surface area contributed by atoms with Crippen molar-refractivity contribution in [3.05, 3.63) is 98.9 Å². The topological polar surface area (TPSA) is 81.9 Å². The summed E-state index contributed by atoms with van der Waals surface area (Å²) < 4.78 is 11.9. The second kappa shape index (κ2) is 10.5. The van der Waals surface area contributed by atoms with Crippen molar-refractivity contribution in [2.24, 2.45) is 0 Å². The van der Waals surface area contributed by atoms with Crippen LogP contribution in [-0.2, 0) is 4.79 Å². The summed E-state index contributed by atoms with van der Waals surface area (Å²) in [6.45, 7) is 2.41. The number of carbonyl (C=O) groups excluding carboxylic acids is 1. The number of anilines is 1. The molecule has 34 heavy (non-hydrogen) atoms. The molecule has 9 heteroatoms. The second-order valence-electron chi connectivity index (χ2n) is 7.29. The third kappa shape index (κ3) is 5.27. The van der Waals surface area contributed by atoms with E-state index in [4.69, 9.17) is 21.7 Å². The molecule has 4 rings (SSSR count). The van der Waals surface area contributed by atoms with E-state index < -0.39 is 4.92 Å². The molecule has 0 saturated carbocycles. The van der Waals surface area contributed by atoms with Gasteiger partial charge in [0.15, 0.2) is 4.32 Å². The molecule has 1 amide bonds. The van der Waals surface area contributed by atoms with Gasteiger partial charge >= 0.3 is 0 Å². The summed E-state index contributed by atoms with van der Waals surface area (Å²) in [6, 6.07) is 21.1. The molecular formula is C25H20N2O5S2. The predicted molar refractivity (Wildman–Crippen MR) is 137 cm³/mol. The maximum atomic E-state index is 13.2. The van der Waals surface area contributed by atoms with Crippen molar-refractivity contribution in [3.63, 3.8) is 0 Å². The second-order valence-corrected chi connectivity index (χ2v) is 8.97. The highest BCUT2D eigenvalue weighted by Crippen LogP contribution is 2.38. The van der Waals surface area contributed by atoms with Crippen LogP contribution in [-0.4, -0.2) is 28.4 Å². The first-order valence-corrected chi connectivity index (χ1v) is 11.6. The first kappa shape index (κ1) is 23.5. The molecular weight excluding hydrogens is 472 g/mol. The molecule has 0 N–H and O–H groups in total. The van der Waals surface area contributed by atoms with Crippen LogP contribution in [0.2, 0.25) is 0 Å². The Labute approximate surface area is 206 Å². The van der Waals surface area contributed by atoms with Crippen LogP contribution < -0.4 is 14.4 Å². The van der Waals surface area contributed by atoms with Crippen LogP contribution in [0.1, 0.15) is 11.1 Å². The van der Waals surface area contributed by atoms with Gasteiger partial charge in [-0.1, -0.05) is 60.4 Å². The number of carbonyl (C=O) groups is 1. The van der Waals surface area contributed by atoms with Crippen molar-refractivity contribution in [2.45, 2.75) is 6.92 Å². The maximum Gasteiger partial charge on any atom is 0.270 e. The molecule has 0 aromatic heterocycles. The highest BCUT2D eigenvalue weighted by atomic mass is 32.2. The number of rotatable bonds is 8. The zero-order valence-electron chi connectivity index (χ0n) is 18.2. The van der Waals surface area contributed by atoms with E-state index >= 15 is 0 Å². The summed E-state index contributed by atoms with van der Waals surface area (Å²) in [6.07, 6.45) is 1.58. The van der Waals surface area contributed by atoms with E-state index in [2.05, 4.69) is 0 Å². The molecule has 3 aromatic rings. The van der Waals surface area contributed by atoms with Crippen LogP contribution in [0.25, 0.3) is 6.08 Å². The Morgan fingerprint density at radius 3 is 2.47 bits per heavy atom. The van der Waals surface area contributed by atoms with Crippen molar-refractivity contribution < 1.29 is 19.2 Å². The molecule has 0 atom stereocenters. The van der Waals surface area contributed by atoms with Crippen LogP contribution in [0.15, 0.2) is 77.7 Å². The lowest BCUT2D eigenvalue weighted by atomic mass is 10.1. The first-order chi connectivity index (χ1) is 16.4. The van der Waals surface area contributed by atoms with Gasteiger partial charge in [0.05, 0.1) is 15.5 Å². The van der Waals surface area contributed by atoms with E-state index in [0.717, 1.165) is 23.1 Å². The van der Waals surface area contributed by atoms with E-state index in [1.807, 2.05) is 61.5 Å². The fourth-order valence-corrected chi connectivity index (χ4v) is 4.63. The van der Waals surface area contributed by atoms with Gasteiger partial charge in [0, 0.05) is 17.7 Å². The number of thiocarbonyl (C=S) groups is 1. The highest BCUT2D eigenvalue weighted by molar-refractivity contribution is 8.27. The Bertz CT molecular complexity index is 1280. The number of thioether (sulfide) groups is 1. The number of para-hydroxylation sites is 2. The van der Waals surface area contributed by atoms with Gasteiger partial charge in [0.1, 0.15) is 24.7 Å². The van der Waals surface area contributed by atoms with Gasteiger partial charge in [0.25, 0.3) is 11.6 Å². The molecule has 1 aliphatic heterocycles. The van der Waals surface area contributed by atoms with E-state index in [9.17, 15) is 14.9 Å². The Morgan fingerprint density at radius 1 is 1.03 bits per heavy atom. The molecule has 1 fully saturated rings. The first-order valence-electron chi connectivity index (χ1n) is 10.4. The normalized spacial score (nSPS) is 14.5. The molecule has 0 radical (unpaired) electrons. The molecule has 0 bridgehead atoms. The van der Waals surface area contributed by atoms with Crippen molar-refractivity contribution in [1.82, 2.24) is 0 Å². The zero-order valence-corrected chi connectivity index (χ0v) is 19.8. The highest BCUT2D eigenvalue weighted by Gasteiger charge is 2.34. The Kier molecular flexibility index (Phi) is 7.24. The van der Waals surface area contributed by atoms with Crippen LogP contribution in [0.3, 0.4) is 0 Å². The summed E-state index contributed by atoms with van der Waals surface area (Å²) in [7, 11) is 0. The molecule has 1 saturated heterocycles. The number of hydrogen-bond acceptors (Lipinski definition) is 7. The van der Waals surface area contributed by atoms with E-state index in [1.54, 1.807) is 6.08 Å². The van der Waals surface area contributed by atoms with Crippen LogP contribution >= 0.6 is 24.0 Å². The number of amides is 1. The SMILES string of the molecule is Cc1ccccc1N1C(=O)/C(=C/c2cc([N+](=O)[O-])ccc2OCCOc2ccccc2)SC1=S. The largest absolute Gasteiger partial charge is 0.490 e.